The maximum Gasteiger partial charge on any atom is 0.193 e. The van der Waals surface area contributed by atoms with Gasteiger partial charge in [-0.25, -0.2) is 0 Å². The van der Waals surface area contributed by atoms with Crippen LogP contribution in [0.1, 0.15) is 47.7 Å². The van der Waals surface area contributed by atoms with E-state index in [0.29, 0.717) is 17.5 Å². The maximum atomic E-state index is 12.5. The molecule has 0 radical (unpaired) electrons. The van der Waals surface area contributed by atoms with Crippen LogP contribution in [0, 0.1) is 12.3 Å². The minimum atomic E-state index is -0.729. The molecule has 2 unspecified atom stereocenters. The lowest BCUT2D eigenvalue weighted by Crippen LogP contribution is -2.37. The summed E-state index contributed by atoms with van der Waals surface area (Å²) in [6.45, 7) is 2.63. The maximum absolute atomic E-state index is 12.5. The van der Waals surface area contributed by atoms with Gasteiger partial charge in [0.2, 0.25) is 0 Å². The molecule has 1 heterocycles. The summed E-state index contributed by atoms with van der Waals surface area (Å²) in [7, 11) is 0. The minimum absolute atomic E-state index is 0.0173. The summed E-state index contributed by atoms with van der Waals surface area (Å²) in [6.07, 6.45) is 9.13. The largest absolute Gasteiger partial charge is 0.353 e. The van der Waals surface area contributed by atoms with Gasteiger partial charge in [-0.05, 0) is 31.7 Å². The van der Waals surface area contributed by atoms with Gasteiger partial charge in [0.25, 0.3) is 0 Å². The number of rotatable bonds is 6. The van der Waals surface area contributed by atoms with Crippen LogP contribution in [0.5, 0.6) is 0 Å². The molecule has 0 aromatic heterocycles. The Labute approximate surface area is 155 Å². The predicted molar refractivity (Wildman–Crippen MR) is 102 cm³/mol. The molecule has 0 amide bonds. The molecule has 0 aliphatic carbocycles. The third-order valence-corrected chi connectivity index (χ3v) is 4.63. The first-order valence-electron chi connectivity index (χ1n) is 9.05. The van der Waals surface area contributed by atoms with Crippen molar-refractivity contribution in [2.24, 2.45) is 0 Å². The number of hydrogen-bond acceptors (Lipinski definition) is 3. The van der Waals surface area contributed by atoms with E-state index >= 15 is 0 Å². The Morgan fingerprint density at radius 1 is 1.15 bits per heavy atom. The molecule has 1 aliphatic rings. The molecule has 3 heteroatoms. The fourth-order valence-electron chi connectivity index (χ4n) is 3.14. The summed E-state index contributed by atoms with van der Waals surface area (Å²) in [4.78, 5) is 12.5. The average molecular weight is 348 g/mol. The lowest BCUT2D eigenvalue weighted by Gasteiger charge is -2.32. The highest BCUT2D eigenvalue weighted by atomic mass is 16.7. The molecule has 1 saturated heterocycles. The van der Waals surface area contributed by atoms with Gasteiger partial charge in [0.05, 0.1) is 0 Å². The fourth-order valence-corrected chi connectivity index (χ4v) is 3.14. The van der Waals surface area contributed by atoms with Crippen molar-refractivity contribution in [3.63, 3.8) is 0 Å². The van der Waals surface area contributed by atoms with Gasteiger partial charge < -0.3 is 9.47 Å². The van der Waals surface area contributed by atoms with E-state index in [1.807, 2.05) is 61.5 Å². The Kier molecular flexibility index (Phi) is 5.88. The second kappa shape index (κ2) is 8.31. The van der Waals surface area contributed by atoms with Gasteiger partial charge in [-0.3, -0.25) is 4.79 Å². The first-order valence-corrected chi connectivity index (χ1v) is 9.05. The van der Waals surface area contributed by atoms with Crippen LogP contribution in [0.3, 0.4) is 0 Å². The molecule has 0 bridgehead atoms. The van der Waals surface area contributed by atoms with Crippen molar-refractivity contribution in [2.45, 2.75) is 44.5 Å². The smallest absolute Gasteiger partial charge is 0.193 e. The first kappa shape index (κ1) is 18.4. The van der Waals surface area contributed by atoms with Crippen LogP contribution in [0.4, 0.5) is 0 Å². The normalized spacial score (nSPS) is 19.3. The minimum Gasteiger partial charge on any atom is -0.353 e. The standard InChI is InChI=1S/C23H24O3/c1-3-23(2,26-21-11-7-8-16-25-21)17-18-12-14-20(15-13-18)22(24)19-9-5-4-6-10-19/h1,4-6,9-10,12-15,21H,7-8,11,16-17H2,2H3. The third-order valence-electron chi connectivity index (χ3n) is 4.63. The van der Waals surface area contributed by atoms with Gasteiger partial charge in [0.1, 0.15) is 5.60 Å². The van der Waals surface area contributed by atoms with Crippen molar-refractivity contribution in [1.29, 1.82) is 0 Å². The number of benzene rings is 2. The van der Waals surface area contributed by atoms with Gasteiger partial charge in [-0.15, -0.1) is 6.42 Å². The van der Waals surface area contributed by atoms with Crippen LogP contribution in [-0.4, -0.2) is 24.3 Å². The molecule has 134 valence electrons. The summed E-state index contributed by atoms with van der Waals surface area (Å²) < 4.78 is 11.7. The molecule has 2 aromatic carbocycles. The van der Waals surface area contributed by atoms with E-state index < -0.39 is 5.60 Å². The first-order chi connectivity index (χ1) is 12.6. The summed E-state index contributed by atoms with van der Waals surface area (Å²) in [6, 6.07) is 16.9. The molecule has 1 fully saturated rings. The zero-order chi connectivity index (χ0) is 18.4. The van der Waals surface area contributed by atoms with Crippen molar-refractivity contribution < 1.29 is 14.3 Å². The molecule has 0 saturated carbocycles. The zero-order valence-corrected chi connectivity index (χ0v) is 15.1. The van der Waals surface area contributed by atoms with Crippen molar-refractivity contribution in [3.8, 4) is 12.3 Å². The predicted octanol–water partition coefficient (Wildman–Crippen LogP) is 4.40. The van der Waals surface area contributed by atoms with Gasteiger partial charge in [0, 0.05) is 24.2 Å². The van der Waals surface area contributed by atoms with Crippen LogP contribution < -0.4 is 0 Å². The highest BCUT2D eigenvalue weighted by molar-refractivity contribution is 6.08. The molecule has 3 rings (SSSR count). The molecule has 0 spiro atoms. The Bertz CT molecular complexity index is 767. The number of hydrogen-bond donors (Lipinski definition) is 0. The fraction of sp³-hybridized carbons (Fsp3) is 0.348. The van der Waals surface area contributed by atoms with Crippen LogP contribution in [-0.2, 0) is 15.9 Å². The highest BCUT2D eigenvalue weighted by Gasteiger charge is 2.28. The van der Waals surface area contributed by atoms with Gasteiger partial charge in [-0.1, -0.05) is 60.5 Å². The molecule has 3 nitrogen and oxygen atoms in total. The second-order valence-corrected chi connectivity index (χ2v) is 6.86. The number of terminal acetylenes is 1. The highest BCUT2D eigenvalue weighted by Crippen LogP contribution is 2.24. The number of carbonyl (C=O) groups excluding carboxylic acids is 1. The van der Waals surface area contributed by atoms with Gasteiger partial charge >= 0.3 is 0 Å². The Balaban J connectivity index is 1.67. The molecule has 0 N–H and O–H groups in total. The molecule has 1 aliphatic heterocycles. The monoisotopic (exact) mass is 348 g/mol. The Morgan fingerprint density at radius 3 is 2.46 bits per heavy atom. The number of ketones is 1. The SMILES string of the molecule is C#CC(C)(Cc1ccc(C(=O)c2ccccc2)cc1)OC1CCCCO1. The topological polar surface area (TPSA) is 35.5 Å². The summed E-state index contributed by atoms with van der Waals surface area (Å²) in [5.41, 5.74) is 1.66. The van der Waals surface area contributed by atoms with E-state index in [4.69, 9.17) is 15.9 Å². The summed E-state index contributed by atoms with van der Waals surface area (Å²) in [5.74, 6) is 2.79. The van der Waals surface area contributed by atoms with Crippen LogP contribution in [0.25, 0.3) is 0 Å². The Morgan fingerprint density at radius 2 is 1.85 bits per heavy atom. The van der Waals surface area contributed by atoms with E-state index in [1.54, 1.807) is 0 Å². The van der Waals surface area contributed by atoms with E-state index in [9.17, 15) is 4.79 Å². The van der Waals surface area contributed by atoms with E-state index in [1.165, 1.54) is 0 Å². The van der Waals surface area contributed by atoms with Crippen LogP contribution in [0.2, 0.25) is 0 Å². The van der Waals surface area contributed by atoms with Crippen LogP contribution in [0.15, 0.2) is 54.6 Å². The van der Waals surface area contributed by atoms with E-state index in [2.05, 4.69) is 5.92 Å². The van der Waals surface area contributed by atoms with Crippen molar-refractivity contribution in [1.82, 2.24) is 0 Å². The summed E-state index contributed by atoms with van der Waals surface area (Å²) in [5, 5.41) is 0. The molecule has 26 heavy (non-hydrogen) atoms. The van der Waals surface area contributed by atoms with Crippen molar-refractivity contribution in [3.05, 3.63) is 71.3 Å². The average Bonchev–Trinajstić information content (AvgIpc) is 2.69. The van der Waals surface area contributed by atoms with E-state index in [0.717, 1.165) is 31.4 Å². The molecular formula is C23H24O3. The number of ether oxygens (including phenoxy) is 2. The second-order valence-electron chi connectivity index (χ2n) is 6.86. The van der Waals surface area contributed by atoms with Crippen molar-refractivity contribution >= 4 is 5.78 Å². The van der Waals surface area contributed by atoms with Crippen molar-refractivity contribution in [2.75, 3.05) is 6.61 Å². The zero-order valence-electron chi connectivity index (χ0n) is 15.1. The van der Waals surface area contributed by atoms with Gasteiger partial charge in [0.15, 0.2) is 12.1 Å². The van der Waals surface area contributed by atoms with E-state index in [-0.39, 0.29) is 12.1 Å². The molecule has 2 atom stereocenters. The Hall–Kier alpha value is -2.41. The molecule has 2 aromatic rings. The summed E-state index contributed by atoms with van der Waals surface area (Å²) >= 11 is 0. The van der Waals surface area contributed by atoms with Gasteiger partial charge in [-0.2, -0.15) is 0 Å². The lowest BCUT2D eigenvalue weighted by atomic mass is 9.95. The lowest BCUT2D eigenvalue weighted by molar-refractivity contribution is -0.203. The number of carbonyl (C=O) groups is 1. The third kappa shape index (κ3) is 4.60. The quantitative estimate of drug-likeness (QED) is 0.573. The van der Waals surface area contributed by atoms with Crippen LogP contribution >= 0.6 is 0 Å². The molecular weight excluding hydrogens is 324 g/mol.